The lowest BCUT2D eigenvalue weighted by Gasteiger charge is -2.41. The average Bonchev–Trinajstić information content (AvgIpc) is 3.06. The highest BCUT2D eigenvalue weighted by Gasteiger charge is 2.38. The van der Waals surface area contributed by atoms with Gasteiger partial charge in [0, 0.05) is 45.8 Å². The fourth-order valence-electron chi connectivity index (χ4n) is 4.23. The molecule has 0 aliphatic carbocycles. The standard InChI is InChI=1S/C21H21BrF2N2O.C2H6/c1-12-9-15-14-5-2-3-6-18(14)25-20(15)21(26(12)7-4-8-27)19-16(23)10-13(22)11-17(19)24;1-2/h2-3,5-6,10-12,21,25,27H,4,7-9H2,1H3;1-2H3. The summed E-state index contributed by atoms with van der Waals surface area (Å²) in [4.78, 5) is 5.50. The van der Waals surface area contributed by atoms with Crippen LogP contribution >= 0.6 is 15.9 Å². The number of aliphatic hydroxyl groups excluding tert-OH is 1. The molecule has 3 nitrogen and oxygen atoms in total. The Labute approximate surface area is 178 Å². The van der Waals surface area contributed by atoms with Crippen LogP contribution in [-0.4, -0.2) is 34.2 Å². The first-order chi connectivity index (χ1) is 14.0. The van der Waals surface area contributed by atoms with Crippen molar-refractivity contribution in [2.75, 3.05) is 13.2 Å². The van der Waals surface area contributed by atoms with Crippen LogP contribution < -0.4 is 0 Å². The van der Waals surface area contributed by atoms with Gasteiger partial charge in [-0.25, -0.2) is 8.78 Å². The van der Waals surface area contributed by atoms with E-state index >= 15 is 0 Å². The Morgan fingerprint density at radius 2 is 1.83 bits per heavy atom. The summed E-state index contributed by atoms with van der Waals surface area (Å²) in [6, 6.07) is 10.1. The highest BCUT2D eigenvalue weighted by molar-refractivity contribution is 9.10. The van der Waals surface area contributed by atoms with Crippen molar-refractivity contribution < 1.29 is 13.9 Å². The third-order valence-corrected chi connectivity index (χ3v) is 5.87. The summed E-state index contributed by atoms with van der Waals surface area (Å²) >= 11 is 3.17. The second-order valence-corrected chi connectivity index (χ2v) is 8.03. The van der Waals surface area contributed by atoms with Crippen molar-refractivity contribution in [2.45, 2.75) is 45.7 Å². The van der Waals surface area contributed by atoms with Crippen LogP contribution in [0.2, 0.25) is 0 Å². The highest BCUT2D eigenvalue weighted by atomic mass is 79.9. The maximum Gasteiger partial charge on any atom is 0.132 e. The summed E-state index contributed by atoms with van der Waals surface area (Å²) in [5.41, 5.74) is 2.98. The van der Waals surface area contributed by atoms with E-state index in [4.69, 9.17) is 0 Å². The zero-order chi connectivity index (χ0) is 21.1. The van der Waals surface area contributed by atoms with E-state index in [0.717, 1.165) is 28.6 Å². The normalized spacial score (nSPS) is 19.0. The van der Waals surface area contributed by atoms with Crippen LogP contribution in [0, 0.1) is 11.6 Å². The van der Waals surface area contributed by atoms with Crippen molar-refractivity contribution in [1.82, 2.24) is 9.88 Å². The van der Waals surface area contributed by atoms with Crippen molar-refractivity contribution in [3.63, 3.8) is 0 Å². The molecule has 0 radical (unpaired) electrons. The molecule has 2 unspecified atom stereocenters. The fraction of sp³-hybridized carbons (Fsp3) is 0.391. The Morgan fingerprint density at radius 3 is 2.48 bits per heavy atom. The van der Waals surface area contributed by atoms with Gasteiger partial charge in [0.2, 0.25) is 0 Å². The first-order valence-electron chi connectivity index (χ1n) is 10.1. The summed E-state index contributed by atoms with van der Waals surface area (Å²) in [6.07, 6.45) is 1.34. The Kier molecular flexibility index (Phi) is 7.09. The van der Waals surface area contributed by atoms with Gasteiger partial charge < -0.3 is 10.1 Å². The molecule has 0 amide bonds. The summed E-state index contributed by atoms with van der Waals surface area (Å²) in [5, 5.41) is 10.4. The van der Waals surface area contributed by atoms with E-state index in [2.05, 4.69) is 32.7 Å². The van der Waals surface area contributed by atoms with Gasteiger partial charge in [0.25, 0.3) is 0 Å². The number of aliphatic hydroxyl groups is 1. The minimum absolute atomic E-state index is 0.0425. The second kappa shape index (κ2) is 9.37. The number of benzene rings is 2. The Balaban J connectivity index is 0.00000117. The zero-order valence-electron chi connectivity index (χ0n) is 17.0. The van der Waals surface area contributed by atoms with Crippen molar-refractivity contribution in [1.29, 1.82) is 0 Å². The zero-order valence-corrected chi connectivity index (χ0v) is 18.6. The number of halogens is 3. The number of hydrogen-bond donors (Lipinski definition) is 2. The van der Waals surface area contributed by atoms with Crippen LogP contribution in [-0.2, 0) is 6.42 Å². The molecule has 2 aromatic carbocycles. The van der Waals surface area contributed by atoms with E-state index in [1.165, 1.54) is 12.1 Å². The monoisotopic (exact) mass is 464 g/mol. The fourth-order valence-corrected chi connectivity index (χ4v) is 4.64. The van der Waals surface area contributed by atoms with Crippen LogP contribution in [0.25, 0.3) is 10.9 Å². The van der Waals surface area contributed by atoms with Crippen LogP contribution in [0.5, 0.6) is 0 Å². The van der Waals surface area contributed by atoms with E-state index < -0.39 is 17.7 Å². The maximum atomic E-state index is 14.9. The number of hydrogen-bond acceptors (Lipinski definition) is 2. The second-order valence-electron chi connectivity index (χ2n) is 7.12. The third-order valence-electron chi connectivity index (χ3n) is 5.41. The van der Waals surface area contributed by atoms with Gasteiger partial charge >= 0.3 is 0 Å². The highest BCUT2D eigenvalue weighted by Crippen LogP contribution is 2.42. The van der Waals surface area contributed by atoms with Crippen LogP contribution in [0.3, 0.4) is 0 Å². The number of aromatic amines is 1. The largest absolute Gasteiger partial charge is 0.396 e. The van der Waals surface area contributed by atoms with Crippen LogP contribution in [0.1, 0.15) is 50.1 Å². The molecule has 0 saturated heterocycles. The predicted octanol–water partition coefficient (Wildman–Crippen LogP) is 5.95. The topological polar surface area (TPSA) is 39.3 Å². The molecule has 1 aliphatic heterocycles. The maximum absolute atomic E-state index is 14.9. The minimum atomic E-state index is -0.570. The van der Waals surface area contributed by atoms with Crippen LogP contribution in [0.15, 0.2) is 40.9 Å². The summed E-state index contributed by atoms with van der Waals surface area (Å²) < 4.78 is 30.2. The molecule has 0 bridgehead atoms. The molecule has 156 valence electrons. The van der Waals surface area contributed by atoms with E-state index in [1.807, 2.05) is 38.1 Å². The lowest BCUT2D eigenvalue weighted by molar-refractivity contribution is 0.129. The smallest absolute Gasteiger partial charge is 0.132 e. The molecule has 2 N–H and O–H groups in total. The number of fused-ring (bicyclic) bond motifs is 3. The number of rotatable bonds is 4. The number of nitrogens with zero attached hydrogens (tertiary/aromatic N) is 1. The average molecular weight is 465 g/mol. The number of para-hydroxylation sites is 1. The molecule has 2 heterocycles. The van der Waals surface area contributed by atoms with E-state index in [1.54, 1.807) is 0 Å². The van der Waals surface area contributed by atoms with Crippen molar-refractivity contribution in [3.8, 4) is 0 Å². The molecule has 1 aromatic heterocycles. The van der Waals surface area contributed by atoms with E-state index in [0.29, 0.717) is 17.4 Å². The Morgan fingerprint density at radius 1 is 1.17 bits per heavy atom. The van der Waals surface area contributed by atoms with Gasteiger partial charge in [-0.1, -0.05) is 48.0 Å². The van der Waals surface area contributed by atoms with Gasteiger partial charge in [-0.05, 0) is 43.5 Å². The number of H-pyrrole nitrogens is 1. The molecule has 29 heavy (non-hydrogen) atoms. The van der Waals surface area contributed by atoms with Gasteiger partial charge in [0.05, 0.1) is 6.04 Å². The molecule has 3 aromatic rings. The van der Waals surface area contributed by atoms with Gasteiger partial charge in [-0.3, -0.25) is 4.90 Å². The first kappa shape index (κ1) is 21.9. The van der Waals surface area contributed by atoms with Crippen molar-refractivity contribution in [3.05, 3.63) is 69.3 Å². The molecule has 6 heteroatoms. The molecule has 4 rings (SSSR count). The molecule has 0 saturated carbocycles. The Hall–Kier alpha value is -1.76. The third kappa shape index (κ3) is 4.11. The molecule has 1 aliphatic rings. The lowest BCUT2D eigenvalue weighted by atomic mass is 9.88. The first-order valence-corrected chi connectivity index (χ1v) is 10.9. The van der Waals surface area contributed by atoms with Gasteiger partial charge in [-0.2, -0.15) is 0 Å². The minimum Gasteiger partial charge on any atom is -0.396 e. The summed E-state index contributed by atoms with van der Waals surface area (Å²) in [7, 11) is 0. The van der Waals surface area contributed by atoms with E-state index in [9.17, 15) is 13.9 Å². The van der Waals surface area contributed by atoms with Gasteiger partial charge in [-0.15, -0.1) is 0 Å². The van der Waals surface area contributed by atoms with Gasteiger partial charge in [0.15, 0.2) is 0 Å². The van der Waals surface area contributed by atoms with Crippen molar-refractivity contribution >= 4 is 26.8 Å². The SMILES string of the molecule is CC.CC1Cc2c([nH]c3ccccc23)C(c2c(F)cc(Br)cc2F)N1CCCO. The Bertz CT molecular complexity index is 965. The van der Waals surface area contributed by atoms with Crippen LogP contribution in [0.4, 0.5) is 8.78 Å². The summed E-state index contributed by atoms with van der Waals surface area (Å²) in [6.45, 7) is 6.68. The number of aromatic nitrogens is 1. The number of nitrogens with one attached hydrogen (secondary N) is 1. The molecule has 0 fully saturated rings. The predicted molar refractivity (Wildman–Crippen MR) is 117 cm³/mol. The quantitative estimate of drug-likeness (QED) is 0.500. The summed E-state index contributed by atoms with van der Waals surface area (Å²) in [5.74, 6) is -1.14. The molecule has 2 atom stereocenters. The van der Waals surface area contributed by atoms with Gasteiger partial charge in [0.1, 0.15) is 11.6 Å². The molecular formula is C23H27BrF2N2O. The van der Waals surface area contributed by atoms with E-state index in [-0.39, 0.29) is 18.2 Å². The lowest BCUT2D eigenvalue weighted by Crippen LogP contribution is -2.44. The van der Waals surface area contributed by atoms with Crippen molar-refractivity contribution in [2.24, 2.45) is 0 Å². The molecular weight excluding hydrogens is 438 g/mol. The molecule has 0 spiro atoms.